The quantitative estimate of drug-likeness (QED) is 0.258. The van der Waals surface area contributed by atoms with Gasteiger partial charge in [0.05, 0.1) is 13.7 Å². The van der Waals surface area contributed by atoms with Gasteiger partial charge in [-0.15, -0.1) is 0 Å². The Bertz CT molecular complexity index is 163. The topological polar surface area (TPSA) is 95.3 Å². The molecular weight excluding hydrogens is 138 g/mol. The maximum absolute atomic E-state index is 10.5. The van der Waals surface area contributed by atoms with Gasteiger partial charge in [0.15, 0.2) is 6.04 Å². The van der Waals surface area contributed by atoms with Gasteiger partial charge < -0.3 is 9.84 Å². The normalized spacial score (nSPS) is 11.4. The summed E-state index contributed by atoms with van der Waals surface area (Å²) in [6.07, 6.45) is 0. The van der Waals surface area contributed by atoms with Crippen molar-refractivity contribution in [3.05, 3.63) is 10.4 Å². The molecule has 0 saturated heterocycles. The van der Waals surface area contributed by atoms with Crippen LogP contribution in [0, 0.1) is 0 Å². The van der Waals surface area contributed by atoms with E-state index >= 15 is 0 Å². The summed E-state index contributed by atoms with van der Waals surface area (Å²) in [5.41, 5.74) is 7.85. The molecule has 0 rings (SSSR count). The molecule has 1 N–H and O–H groups in total. The Balaban J connectivity index is 4.05. The highest BCUT2D eigenvalue weighted by Gasteiger charge is 2.14. The first kappa shape index (κ1) is 8.74. The van der Waals surface area contributed by atoms with Crippen LogP contribution in [0.15, 0.2) is 5.11 Å². The van der Waals surface area contributed by atoms with Crippen LogP contribution in [0.2, 0.25) is 0 Å². The highest BCUT2D eigenvalue weighted by molar-refractivity contribution is 5.75. The van der Waals surface area contributed by atoms with Gasteiger partial charge in [0.25, 0.3) is 0 Å². The molecule has 10 heavy (non-hydrogen) atoms. The molecule has 0 amide bonds. The van der Waals surface area contributed by atoms with Gasteiger partial charge in [-0.1, -0.05) is 5.11 Å². The molecule has 1 atom stereocenters. The Morgan fingerprint density at radius 2 is 2.60 bits per heavy atom. The Hall–Kier alpha value is -1.26. The molecule has 0 aliphatic carbocycles. The summed E-state index contributed by atoms with van der Waals surface area (Å²) in [4.78, 5) is 12.8. The highest BCUT2D eigenvalue weighted by atomic mass is 16.5. The van der Waals surface area contributed by atoms with Gasteiger partial charge in [-0.25, -0.2) is 0 Å². The van der Waals surface area contributed by atoms with Crippen LogP contribution in [0.25, 0.3) is 10.4 Å². The van der Waals surface area contributed by atoms with E-state index in [1.165, 1.54) is 0 Å². The average molecular weight is 145 g/mol. The lowest BCUT2D eigenvalue weighted by Gasteiger charge is -2.02. The average Bonchev–Trinajstić information content (AvgIpc) is 1.99. The third-order valence-electron chi connectivity index (χ3n) is 0.837. The molecule has 0 spiro atoms. The summed E-state index contributed by atoms with van der Waals surface area (Å²) in [7, 11) is 1.15. The molecule has 0 saturated carbocycles. The van der Waals surface area contributed by atoms with Crippen molar-refractivity contribution in [2.75, 3.05) is 13.7 Å². The van der Waals surface area contributed by atoms with Crippen molar-refractivity contribution in [3.8, 4) is 0 Å². The lowest BCUT2D eigenvalue weighted by molar-refractivity contribution is -0.143. The summed E-state index contributed by atoms with van der Waals surface area (Å²) in [6.45, 7) is -0.531. The van der Waals surface area contributed by atoms with Crippen molar-refractivity contribution in [1.82, 2.24) is 0 Å². The molecular formula is C4H7N3O3. The summed E-state index contributed by atoms with van der Waals surface area (Å²) in [6, 6.07) is -1.12. The van der Waals surface area contributed by atoms with E-state index in [9.17, 15) is 4.79 Å². The third-order valence-corrected chi connectivity index (χ3v) is 0.837. The molecule has 0 aliphatic rings. The van der Waals surface area contributed by atoms with Gasteiger partial charge in [0.2, 0.25) is 0 Å². The second-order valence-electron chi connectivity index (χ2n) is 1.43. The standard InChI is InChI=1S/C4H7N3O3/c1-10-4(9)3(2-8)6-7-5/h3,8H,2H2,1H3/t3-/m1/s1. The second kappa shape index (κ2) is 4.60. The predicted molar refractivity (Wildman–Crippen MR) is 32.0 cm³/mol. The third kappa shape index (κ3) is 2.34. The molecule has 56 valence electrons. The van der Waals surface area contributed by atoms with Crippen LogP contribution in [0.1, 0.15) is 0 Å². The van der Waals surface area contributed by atoms with E-state index in [4.69, 9.17) is 10.6 Å². The highest BCUT2D eigenvalue weighted by Crippen LogP contribution is 1.92. The zero-order valence-electron chi connectivity index (χ0n) is 5.39. The van der Waals surface area contributed by atoms with E-state index in [1.54, 1.807) is 0 Å². The maximum atomic E-state index is 10.5. The zero-order chi connectivity index (χ0) is 7.98. The molecule has 6 heteroatoms. The van der Waals surface area contributed by atoms with E-state index in [0.717, 1.165) is 7.11 Å². The number of carbonyl (C=O) groups excluding carboxylic acids is 1. The predicted octanol–water partition coefficient (Wildman–Crippen LogP) is -0.169. The Morgan fingerprint density at radius 1 is 2.00 bits per heavy atom. The van der Waals surface area contributed by atoms with Gasteiger partial charge in [-0.05, 0) is 5.53 Å². The SMILES string of the molecule is COC(=O)[C@@H](CO)N=[N+]=[N-]. The number of esters is 1. The number of aliphatic hydroxyl groups is 1. The molecule has 0 aromatic carbocycles. The molecule has 0 radical (unpaired) electrons. The first-order chi connectivity index (χ1) is 4.76. The summed E-state index contributed by atoms with van der Waals surface area (Å²) in [5.74, 6) is -0.736. The van der Waals surface area contributed by atoms with E-state index < -0.39 is 18.6 Å². The van der Waals surface area contributed by atoms with Crippen molar-refractivity contribution in [2.24, 2.45) is 5.11 Å². The smallest absolute Gasteiger partial charge is 0.316 e. The Kier molecular flexibility index (Phi) is 4.02. The van der Waals surface area contributed by atoms with Gasteiger partial charge in [0.1, 0.15) is 0 Å². The van der Waals surface area contributed by atoms with Crippen molar-refractivity contribution < 1.29 is 14.6 Å². The fourth-order valence-corrected chi connectivity index (χ4v) is 0.357. The van der Waals surface area contributed by atoms with E-state index in [1.807, 2.05) is 0 Å². The van der Waals surface area contributed by atoms with Crippen molar-refractivity contribution in [2.45, 2.75) is 6.04 Å². The number of hydrogen-bond donors (Lipinski definition) is 1. The minimum Gasteiger partial charge on any atom is -0.469 e. The summed E-state index contributed by atoms with van der Waals surface area (Å²) < 4.78 is 4.19. The molecule has 0 heterocycles. The summed E-state index contributed by atoms with van der Waals surface area (Å²) >= 11 is 0. The van der Waals surface area contributed by atoms with Gasteiger partial charge >= 0.3 is 5.97 Å². The second-order valence-corrected chi connectivity index (χ2v) is 1.43. The fraction of sp³-hybridized carbons (Fsp3) is 0.750. The maximum Gasteiger partial charge on any atom is 0.316 e. The first-order valence-corrected chi connectivity index (χ1v) is 2.49. The molecule has 0 unspecified atom stereocenters. The lowest BCUT2D eigenvalue weighted by atomic mass is 10.3. The number of rotatable bonds is 3. The van der Waals surface area contributed by atoms with Crippen LogP contribution in [0.4, 0.5) is 0 Å². The van der Waals surface area contributed by atoms with Crippen LogP contribution < -0.4 is 0 Å². The molecule has 0 aliphatic heterocycles. The van der Waals surface area contributed by atoms with Crippen LogP contribution in [0.5, 0.6) is 0 Å². The number of nitrogens with zero attached hydrogens (tertiary/aromatic N) is 3. The number of aliphatic hydroxyl groups excluding tert-OH is 1. The fourth-order valence-electron chi connectivity index (χ4n) is 0.357. The minimum absolute atomic E-state index is 0.531. The monoisotopic (exact) mass is 145 g/mol. The minimum atomic E-state index is -1.12. The van der Waals surface area contributed by atoms with Crippen molar-refractivity contribution in [1.29, 1.82) is 0 Å². The van der Waals surface area contributed by atoms with Gasteiger partial charge in [0, 0.05) is 4.91 Å². The van der Waals surface area contributed by atoms with Crippen molar-refractivity contribution in [3.63, 3.8) is 0 Å². The molecule has 6 nitrogen and oxygen atoms in total. The first-order valence-electron chi connectivity index (χ1n) is 2.49. The van der Waals surface area contributed by atoms with Crippen LogP contribution in [-0.4, -0.2) is 30.8 Å². The number of azide groups is 1. The summed E-state index contributed by atoms with van der Waals surface area (Å²) in [5, 5.41) is 11.4. The van der Waals surface area contributed by atoms with E-state index in [0.29, 0.717) is 0 Å². The molecule has 0 aromatic heterocycles. The van der Waals surface area contributed by atoms with Crippen LogP contribution in [0.3, 0.4) is 0 Å². The largest absolute Gasteiger partial charge is 0.469 e. The molecule has 0 fully saturated rings. The lowest BCUT2D eigenvalue weighted by Crippen LogP contribution is -2.23. The van der Waals surface area contributed by atoms with Crippen LogP contribution in [-0.2, 0) is 9.53 Å². The number of ether oxygens (including phenoxy) is 1. The van der Waals surface area contributed by atoms with Gasteiger partial charge in [-0.2, -0.15) is 0 Å². The number of hydrogen-bond acceptors (Lipinski definition) is 4. The Morgan fingerprint density at radius 3 is 2.90 bits per heavy atom. The van der Waals surface area contributed by atoms with Crippen molar-refractivity contribution >= 4 is 5.97 Å². The molecule has 0 bridgehead atoms. The zero-order valence-corrected chi connectivity index (χ0v) is 5.39. The van der Waals surface area contributed by atoms with E-state index in [2.05, 4.69) is 14.8 Å². The van der Waals surface area contributed by atoms with Gasteiger partial charge in [-0.3, -0.25) is 4.79 Å². The Labute approximate surface area is 57.0 Å². The van der Waals surface area contributed by atoms with Crippen LogP contribution >= 0.6 is 0 Å². The van der Waals surface area contributed by atoms with E-state index in [-0.39, 0.29) is 0 Å². The number of carbonyl (C=O) groups is 1. The number of methoxy groups -OCH3 is 1. The molecule has 0 aromatic rings.